The van der Waals surface area contributed by atoms with Crippen LogP contribution in [0.3, 0.4) is 0 Å². The first-order chi connectivity index (χ1) is 4.81. The summed E-state index contributed by atoms with van der Waals surface area (Å²) in [7, 11) is -1.77. The molecule has 0 rings (SSSR count). The van der Waals surface area contributed by atoms with Crippen molar-refractivity contribution in [3.63, 3.8) is 0 Å². The molecule has 0 radical (unpaired) electrons. The molecule has 0 aliphatic rings. The van der Waals surface area contributed by atoms with Gasteiger partial charge in [-0.15, -0.1) is 0 Å². The van der Waals surface area contributed by atoms with Gasteiger partial charge < -0.3 is 4.53 Å². The second-order valence-corrected chi connectivity index (χ2v) is 8.82. The lowest BCUT2D eigenvalue weighted by molar-refractivity contribution is -0.115. The summed E-state index contributed by atoms with van der Waals surface area (Å²) >= 11 is 0. The van der Waals surface area contributed by atoms with E-state index in [4.69, 9.17) is 4.53 Å². The van der Waals surface area contributed by atoms with Crippen LogP contribution in [-0.2, 0) is 9.32 Å². The number of carbonyl (C=O) groups is 1. The predicted molar refractivity (Wildman–Crippen MR) is 47.5 cm³/mol. The molecule has 0 unspecified atom stereocenters. The van der Waals surface area contributed by atoms with Crippen molar-refractivity contribution in [3.8, 4) is 0 Å². The van der Waals surface area contributed by atoms with Gasteiger partial charge in [0.2, 0.25) is 14.7 Å². The highest BCUT2D eigenvalue weighted by atomic mass is 28.4. The maximum Gasteiger partial charge on any atom is 0.229 e. The molecule has 66 valence electrons. The lowest BCUT2D eigenvalue weighted by Crippen LogP contribution is -2.44. The van der Waals surface area contributed by atoms with Crippen LogP contribution in [0.5, 0.6) is 0 Å². The summed E-state index contributed by atoms with van der Waals surface area (Å²) in [5.41, 5.74) is 2.28. The fourth-order valence-corrected chi connectivity index (χ4v) is 0.973. The van der Waals surface area contributed by atoms with E-state index in [2.05, 4.69) is 39.3 Å². The molecule has 0 aliphatic heterocycles. The molecule has 0 aliphatic carbocycles. The molecule has 0 bridgehead atoms. The molecule has 11 heavy (non-hydrogen) atoms. The van der Waals surface area contributed by atoms with Gasteiger partial charge in [-0.2, -0.15) is 0 Å². The SMILES string of the molecule is CC(C)(C)[Si](C)(C)ONC=O. The summed E-state index contributed by atoms with van der Waals surface area (Å²) in [5, 5.41) is 0.142. The molecule has 1 N–H and O–H groups in total. The minimum Gasteiger partial charge on any atom is -0.320 e. The molecule has 0 heterocycles. The van der Waals surface area contributed by atoms with Gasteiger partial charge in [-0.3, -0.25) is 4.79 Å². The molecular weight excluding hydrogens is 158 g/mol. The predicted octanol–water partition coefficient (Wildman–Crippen LogP) is 1.67. The van der Waals surface area contributed by atoms with Crippen LogP contribution in [0.1, 0.15) is 20.8 Å². The van der Waals surface area contributed by atoms with Crippen LogP contribution in [0.2, 0.25) is 18.1 Å². The Balaban J connectivity index is 4.10. The summed E-state index contributed by atoms with van der Waals surface area (Å²) in [6, 6.07) is 0. The van der Waals surface area contributed by atoms with Gasteiger partial charge in [-0.05, 0) is 18.1 Å². The third-order valence-electron chi connectivity index (χ3n) is 2.17. The highest BCUT2D eigenvalue weighted by Crippen LogP contribution is 2.35. The van der Waals surface area contributed by atoms with Crippen LogP contribution in [0.15, 0.2) is 0 Å². The average molecular weight is 175 g/mol. The normalized spacial score (nSPS) is 12.8. The largest absolute Gasteiger partial charge is 0.320 e. The summed E-state index contributed by atoms with van der Waals surface area (Å²) in [5.74, 6) is 0. The zero-order valence-electron chi connectivity index (χ0n) is 7.89. The first kappa shape index (κ1) is 10.6. The van der Waals surface area contributed by atoms with Crippen molar-refractivity contribution in [1.29, 1.82) is 0 Å². The van der Waals surface area contributed by atoms with E-state index in [-0.39, 0.29) is 5.04 Å². The first-order valence-electron chi connectivity index (χ1n) is 3.68. The minimum atomic E-state index is -1.77. The monoisotopic (exact) mass is 175 g/mol. The van der Waals surface area contributed by atoms with Crippen molar-refractivity contribution in [3.05, 3.63) is 0 Å². The molecule has 0 saturated heterocycles. The number of rotatable bonds is 3. The van der Waals surface area contributed by atoms with E-state index in [1.54, 1.807) is 0 Å². The summed E-state index contributed by atoms with van der Waals surface area (Å²) < 4.78 is 5.26. The second-order valence-electron chi connectivity index (χ2n) is 4.10. The molecular formula is C7H17NO2Si. The van der Waals surface area contributed by atoms with Crippen molar-refractivity contribution in [2.75, 3.05) is 0 Å². The lowest BCUT2D eigenvalue weighted by atomic mass is 10.2. The van der Waals surface area contributed by atoms with E-state index in [0.29, 0.717) is 6.41 Å². The molecule has 0 fully saturated rings. The Morgan fingerprint density at radius 1 is 1.36 bits per heavy atom. The van der Waals surface area contributed by atoms with Crippen molar-refractivity contribution in [2.24, 2.45) is 0 Å². The van der Waals surface area contributed by atoms with Crippen molar-refractivity contribution >= 4 is 14.7 Å². The lowest BCUT2D eigenvalue weighted by Gasteiger charge is -2.34. The first-order valence-corrected chi connectivity index (χ1v) is 6.59. The van der Waals surface area contributed by atoms with E-state index in [0.717, 1.165) is 0 Å². The van der Waals surface area contributed by atoms with Crippen LogP contribution in [0.4, 0.5) is 0 Å². The van der Waals surface area contributed by atoms with E-state index in [1.165, 1.54) is 0 Å². The molecule has 4 heteroatoms. The molecule has 0 saturated carbocycles. The van der Waals surface area contributed by atoms with E-state index in [1.807, 2.05) is 0 Å². The Morgan fingerprint density at radius 2 is 1.82 bits per heavy atom. The minimum absolute atomic E-state index is 0.142. The topological polar surface area (TPSA) is 38.3 Å². The molecule has 1 amide bonds. The van der Waals surface area contributed by atoms with Crippen molar-refractivity contribution < 1.29 is 9.32 Å². The van der Waals surface area contributed by atoms with E-state index >= 15 is 0 Å². The number of hydrogen-bond donors (Lipinski definition) is 1. The Hall–Kier alpha value is -0.353. The number of hydrogen-bond acceptors (Lipinski definition) is 2. The maximum absolute atomic E-state index is 9.96. The van der Waals surface area contributed by atoms with Crippen LogP contribution >= 0.6 is 0 Å². The average Bonchev–Trinajstić information content (AvgIpc) is 1.81. The smallest absolute Gasteiger partial charge is 0.229 e. The summed E-state index contributed by atoms with van der Waals surface area (Å²) in [6.45, 7) is 10.5. The van der Waals surface area contributed by atoms with Crippen LogP contribution in [0, 0.1) is 0 Å². The zero-order chi connectivity index (χ0) is 9.12. The van der Waals surface area contributed by atoms with Gasteiger partial charge in [-0.25, -0.2) is 5.48 Å². The summed E-state index contributed by atoms with van der Waals surface area (Å²) in [4.78, 5) is 9.96. The van der Waals surface area contributed by atoms with Crippen LogP contribution in [0.25, 0.3) is 0 Å². The Kier molecular flexibility index (Phi) is 3.25. The Labute approximate surface area is 69.2 Å². The van der Waals surface area contributed by atoms with Gasteiger partial charge in [0.25, 0.3) is 0 Å². The van der Waals surface area contributed by atoms with E-state index < -0.39 is 8.32 Å². The van der Waals surface area contributed by atoms with Crippen molar-refractivity contribution in [1.82, 2.24) is 5.48 Å². The molecule has 0 spiro atoms. The summed E-state index contributed by atoms with van der Waals surface area (Å²) in [6.07, 6.45) is 0.570. The van der Waals surface area contributed by atoms with Gasteiger partial charge in [0.05, 0.1) is 0 Å². The van der Waals surface area contributed by atoms with Gasteiger partial charge in [-0.1, -0.05) is 20.8 Å². The van der Waals surface area contributed by atoms with Crippen LogP contribution in [-0.4, -0.2) is 14.7 Å². The van der Waals surface area contributed by atoms with Crippen molar-refractivity contribution in [2.45, 2.75) is 38.9 Å². The number of hydroxylamine groups is 1. The quantitative estimate of drug-likeness (QED) is 0.402. The van der Waals surface area contributed by atoms with Crippen LogP contribution < -0.4 is 5.48 Å². The van der Waals surface area contributed by atoms with Gasteiger partial charge in [0, 0.05) is 0 Å². The Bertz CT molecular complexity index is 140. The van der Waals surface area contributed by atoms with Gasteiger partial charge >= 0.3 is 0 Å². The van der Waals surface area contributed by atoms with Gasteiger partial charge in [0.15, 0.2) is 0 Å². The number of carbonyl (C=O) groups excluding carboxylic acids is 1. The third kappa shape index (κ3) is 3.03. The fourth-order valence-electron chi connectivity index (χ4n) is 0.324. The zero-order valence-corrected chi connectivity index (χ0v) is 8.89. The highest BCUT2D eigenvalue weighted by molar-refractivity contribution is 6.74. The Morgan fingerprint density at radius 3 is 2.09 bits per heavy atom. The highest BCUT2D eigenvalue weighted by Gasteiger charge is 2.38. The molecule has 0 aromatic carbocycles. The molecule has 0 atom stereocenters. The number of amides is 1. The maximum atomic E-state index is 9.96. The van der Waals surface area contributed by atoms with E-state index in [9.17, 15) is 4.79 Å². The third-order valence-corrected chi connectivity index (χ3v) is 6.41. The fraction of sp³-hybridized carbons (Fsp3) is 0.857. The standard InChI is InChI=1S/C7H17NO2Si/c1-7(2,3)11(4,5)10-8-6-9/h6H,1-5H3,(H,8,9). The second kappa shape index (κ2) is 3.36. The molecule has 0 aromatic rings. The molecule has 3 nitrogen and oxygen atoms in total. The van der Waals surface area contributed by atoms with Gasteiger partial charge in [0.1, 0.15) is 0 Å². The number of nitrogens with one attached hydrogen (secondary N) is 1. The molecule has 0 aromatic heterocycles.